The minimum atomic E-state index is -0.472. The number of nitrogens with one attached hydrogen (secondary N) is 1. The van der Waals surface area contributed by atoms with E-state index >= 15 is 0 Å². The van der Waals surface area contributed by atoms with Crippen molar-refractivity contribution in [2.45, 2.75) is 25.9 Å². The summed E-state index contributed by atoms with van der Waals surface area (Å²) >= 11 is 0. The summed E-state index contributed by atoms with van der Waals surface area (Å²) in [5, 5.41) is 3.76. The zero-order valence-electron chi connectivity index (χ0n) is 11.9. The summed E-state index contributed by atoms with van der Waals surface area (Å²) in [6, 6.07) is 11.3. The molecule has 1 N–H and O–H groups in total. The van der Waals surface area contributed by atoms with Crippen LogP contribution in [0, 0.1) is 0 Å². The Hall–Kier alpha value is -2.43. The largest absolute Gasteiger partial charge is 0.345 e. The summed E-state index contributed by atoms with van der Waals surface area (Å²) in [5.74, 6) is -0.138. The number of nitrogens with zero attached hydrogens (tertiary/aromatic N) is 2. The normalized spacial score (nSPS) is 19.5. The van der Waals surface area contributed by atoms with Crippen molar-refractivity contribution in [1.82, 2.24) is 15.2 Å². The molecule has 0 spiro atoms. The van der Waals surface area contributed by atoms with E-state index in [1.165, 1.54) is 0 Å². The Kier molecular flexibility index (Phi) is 3.56. The highest BCUT2D eigenvalue weighted by Gasteiger charge is 2.26. The van der Waals surface area contributed by atoms with Crippen LogP contribution in [0.1, 0.15) is 19.0 Å². The van der Waals surface area contributed by atoms with E-state index in [4.69, 9.17) is 0 Å². The Morgan fingerprint density at radius 3 is 2.90 bits per heavy atom. The Balaban J connectivity index is 1.83. The quantitative estimate of drug-likeness (QED) is 0.908. The van der Waals surface area contributed by atoms with Crippen LogP contribution < -0.4 is 5.32 Å². The predicted molar refractivity (Wildman–Crippen MR) is 79.4 cm³/mol. The molecular weight excluding hydrogens is 266 g/mol. The van der Waals surface area contributed by atoms with Crippen LogP contribution in [0.2, 0.25) is 0 Å². The molecule has 1 aromatic carbocycles. The van der Waals surface area contributed by atoms with Crippen LogP contribution in [-0.4, -0.2) is 34.3 Å². The van der Waals surface area contributed by atoms with Gasteiger partial charge in [-0.15, -0.1) is 0 Å². The van der Waals surface area contributed by atoms with Gasteiger partial charge in [-0.3, -0.25) is 14.6 Å². The van der Waals surface area contributed by atoms with Gasteiger partial charge < -0.3 is 10.2 Å². The third-order valence-electron chi connectivity index (χ3n) is 3.68. The smallest absolute Gasteiger partial charge is 0.245 e. The zero-order chi connectivity index (χ0) is 14.8. The molecule has 3 rings (SSSR count). The van der Waals surface area contributed by atoms with Gasteiger partial charge in [0.1, 0.15) is 6.04 Å². The van der Waals surface area contributed by atoms with E-state index in [-0.39, 0.29) is 11.8 Å². The first-order chi connectivity index (χ1) is 10.1. The molecular formula is C16H17N3O2. The molecule has 5 nitrogen and oxygen atoms in total. The Labute approximate surface area is 123 Å². The third-order valence-corrected chi connectivity index (χ3v) is 3.68. The first kappa shape index (κ1) is 13.5. The molecule has 1 fully saturated rings. The highest BCUT2D eigenvalue weighted by Crippen LogP contribution is 2.14. The molecule has 0 radical (unpaired) electrons. The zero-order valence-corrected chi connectivity index (χ0v) is 11.9. The van der Waals surface area contributed by atoms with Gasteiger partial charge in [0.15, 0.2) is 0 Å². The molecule has 0 saturated carbocycles. The summed E-state index contributed by atoms with van der Waals surface area (Å²) in [6.45, 7) is 2.58. The summed E-state index contributed by atoms with van der Waals surface area (Å²) in [6.07, 6.45) is 0.337. The Morgan fingerprint density at radius 2 is 2.05 bits per heavy atom. The van der Waals surface area contributed by atoms with Crippen LogP contribution in [-0.2, 0) is 16.1 Å². The second-order valence-electron chi connectivity index (χ2n) is 5.29. The van der Waals surface area contributed by atoms with Gasteiger partial charge in [0.05, 0.1) is 17.8 Å². The van der Waals surface area contributed by atoms with Crippen LogP contribution >= 0.6 is 0 Å². The molecule has 1 atom stereocenters. The van der Waals surface area contributed by atoms with Gasteiger partial charge >= 0.3 is 0 Å². The average Bonchev–Trinajstić information content (AvgIpc) is 2.60. The minimum absolute atomic E-state index is 0.0594. The van der Waals surface area contributed by atoms with E-state index in [1.54, 1.807) is 11.8 Å². The number of fused-ring (bicyclic) bond motifs is 1. The molecule has 108 valence electrons. The number of carbonyl (C=O) groups excluding carboxylic acids is 2. The molecule has 0 aliphatic carbocycles. The van der Waals surface area contributed by atoms with E-state index in [2.05, 4.69) is 10.3 Å². The molecule has 2 aromatic rings. The van der Waals surface area contributed by atoms with Crippen molar-refractivity contribution < 1.29 is 9.59 Å². The fourth-order valence-electron chi connectivity index (χ4n) is 2.54. The maximum Gasteiger partial charge on any atom is 0.245 e. The predicted octanol–water partition coefficient (Wildman–Crippen LogP) is 1.47. The summed E-state index contributed by atoms with van der Waals surface area (Å²) in [5.41, 5.74) is 1.75. The van der Waals surface area contributed by atoms with Crippen LogP contribution in [0.15, 0.2) is 36.4 Å². The van der Waals surface area contributed by atoms with Gasteiger partial charge in [0.2, 0.25) is 11.8 Å². The SMILES string of the molecule is CC1NC(=O)CCN(Cc2ccc3ccccc3n2)C1=O. The minimum Gasteiger partial charge on any atom is -0.345 e. The first-order valence-electron chi connectivity index (χ1n) is 7.06. The van der Waals surface area contributed by atoms with Crippen molar-refractivity contribution >= 4 is 22.7 Å². The van der Waals surface area contributed by atoms with E-state index in [1.807, 2.05) is 36.4 Å². The number of pyridine rings is 1. The van der Waals surface area contributed by atoms with Crippen molar-refractivity contribution in [3.05, 3.63) is 42.1 Å². The number of hydrogen-bond donors (Lipinski definition) is 1. The lowest BCUT2D eigenvalue weighted by Crippen LogP contribution is -2.42. The monoisotopic (exact) mass is 283 g/mol. The summed E-state index contributed by atoms with van der Waals surface area (Å²) < 4.78 is 0. The molecule has 5 heteroatoms. The number of carbonyl (C=O) groups is 2. The molecule has 1 unspecified atom stereocenters. The van der Waals surface area contributed by atoms with Crippen molar-refractivity contribution in [2.24, 2.45) is 0 Å². The van der Waals surface area contributed by atoms with Gasteiger partial charge in [-0.05, 0) is 19.1 Å². The Morgan fingerprint density at radius 1 is 1.24 bits per heavy atom. The number of benzene rings is 1. The van der Waals surface area contributed by atoms with E-state index in [9.17, 15) is 9.59 Å². The number of para-hydroxylation sites is 1. The van der Waals surface area contributed by atoms with Gasteiger partial charge in [0.25, 0.3) is 0 Å². The molecule has 21 heavy (non-hydrogen) atoms. The van der Waals surface area contributed by atoms with Crippen molar-refractivity contribution in [3.63, 3.8) is 0 Å². The second kappa shape index (κ2) is 5.52. The number of rotatable bonds is 2. The fourth-order valence-corrected chi connectivity index (χ4v) is 2.54. The Bertz CT molecular complexity index is 699. The van der Waals surface area contributed by atoms with Gasteiger partial charge in [0, 0.05) is 18.4 Å². The van der Waals surface area contributed by atoms with Gasteiger partial charge in [-0.2, -0.15) is 0 Å². The van der Waals surface area contributed by atoms with Crippen LogP contribution in [0.5, 0.6) is 0 Å². The highest BCUT2D eigenvalue weighted by molar-refractivity contribution is 5.89. The molecule has 1 saturated heterocycles. The highest BCUT2D eigenvalue weighted by atomic mass is 16.2. The van der Waals surface area contributed by atoms with Crippen molar-refractivity contribution in [2.75, 3.05) is 6.54 Å². The molecule has 0 bridgehead atoms. The van der Waals surface area contributed by atoms with E-state index in [0.29, 0.717) is 19.5 Å². The molecule has 2 heterocycles. The van der Waals surface area contributed by atoms with Crippen LogP contribution in [0.25, 0.3) is 10.9 Å². The molecule has 1 aliphatic rings. The lowest BCUT2D eigenvalue weighted by atomic mass is 10.2. The standard InChI is InChI=1S/C16H17N3O2/c1-11-16(21)19(9-8-15(20)17-11)10-13-7-6-12-4-2-3-5-14(12)18-13/h2-7,11H,8-10H2,1H3,(H,17,20). The lowest BCUT2D eigenvalue weighted by Gasteiger charge is -2.21. The van der Waals surface area contributed by atoms with Crippen LogP contribution in [0.4, 0.5) is 0 Å². The topological polar surface area (TPSA) is 62.3 Å². The van der Waals surface area contributed by atoms with E-state index in [0.717, 1.165) is 16.6 Å². The molecule has 2 amide bonds. The summed E-state index contributed by atoms with van der Waals surface area (Å²) in [7, 11) is 0. The molecule has 1 aromatic heterocycles. The van der Waals surface area contributed by atoms with E-state index < -0.39 is 6.04 Å². The third kappa shape index (κ3) is 2.86. The van der Waals surface area contributed by atoms with Crippen molar-refractivity contribution in [3.8, 4) is 0 Å². The average molecular weight is 283 g/mol. The number of amides is 2. The summed E-state index contributed by atoms with van der Waals surface area (Å²) in [4.78, 5) is 30.0. The number of hydrogen-bond acceptors (Lipinski definition) is 3. The lowest BCUT2D eigenvalue weighted by molar-refractivity contribution is -0.133. The van der Waals surface area contributed by atoms with Gasteiger partial charge in [-0.1, -0.05) is 24.3 Å². The van der Waals surface area contributed by atoms with Crippen LogP contribution in [0.3, 0.4) is 0 Å². The first-order valence-corrected chi connectivity index (χ1v) is 7.06. The molecule has 1 aliphatic heterocycles. The number of aromatic nitrogens is 1. The fraction of sp³-hybridized carbons (Fsp3) is 0.312. The maximum atomic E-state index is 12.2. The van der Waals surface area contributed by atoms with Crippen molar-refractivity contribution in [1.29, 1.82) is 0 Å². The maximum absolute atomic E-state index is 12.2. The second-order valence-corrected chi connectivity index (χ2v) is 5.29. The van der Waals surface area contributed by atoms with Gasteiger partial charge in [-0.25, -0.2) is 0 Å².